The van der Waals surface area contributed by atoms with Crippen LogP contribution in [0.25, 0.3) is 5.65 Å². The van der Waals surface area contributed by atoms with E-state index in [1.54, 1.807) is 12.3 Å². The molecule has 1 unspecified atom stereocenters. The number of anilines is 1. The highest BCUT2D eigenvalue weighted by Crippen LogP contribution is 2.13. The minimum absolute atomic E-state index is 0.291. The molecule has 0 aromatic carbocycles. The second-order valence-corrected chi connectivity index (χ2v) is 6.08. The van der Waals surface area contributed by atoms with Crippen LogP contribution in [-0.2, 0) is 6.54 Å². The fourth-order valence-corrected chi connectivity index (χ4v) is 2.55. The quantitative estimate of drug-likeness (QED) is 0.743. The molecule has 3 heterocycles. The first-order chi connectivity index (χ1) is 12.0. The van der Waals surface area contributed by atoms with Crippen molar-refractivity contribution in [3.05, 3.63) is 54.2 Å². The molecule has 2 N–H and O–H groups in total. The van der Waals surface area contributed by atoms with Crippen molar-refractivity contribution < 1.29 is 4.79 Å². The number of urea groups is 1. The number of carbonyl (C=O) groups excluding carboxylic acids is 1. The maximum atomic E-state index is 12.3. The number of nitrogens with zero attached hydrogens (tertiary/aromatic N) is 5. The van der Waals surface area contributed by atoms with Gasteiger partial charge in [0.2, 0.25) is 0 Å². The van der Waals surface area contributed by atoms with Crippen LogP contribution in [0.1, 0.15) is 24.5 Å². The standard InChI is InChI=1S/C17H21N7O/c1-12(16-22-21-15-6-4-5-9-24(15)16)19-17(25)20-13-7-8-18-14(10-13)11-23(2)3/h4-10,12H,11H2,1-3H3,(H2,18,19,20,25). The van der Waals surface area contributed by atoms with Gasteiger partial charge in [-0.3, -0.25) is 9.38 Å². The Labute approximate surface area is 145 Å². The van der Waals surface area contributed by atoms with Crippen LogP contribution in [-0.4, -0.2) is 44.6 Å². The van der Waals surface area contributed by atoms with E-state index in [-0.39, 0.29) is 12.1 Å². The molecule has 8 nitrogen and oxygen atoms in total. The Hall–Kier alpha value is -3.00. The number of fused-ring (bicyclic) bond motifs is 1. The summed E-state index contributed by atoms with van der Waals surface area (Å²) >= 11 is 0. The highest BCUT2D eigenvalue weighted by Gasteiger charge is 2.15. The zero-order valence-electron chi connectivity index (χ0n) is 14.5. The number of rotatable bonds is 5. The highest BCUT2D eigenvalue weighted by atomic mass is 16.2. The van der Waals surface area contributed by atoms with Crippen LogP contribution in [0.15, 0.2) is 42.7 Å². The molecule has 0 aliphatic heterocycles. The molecule has 3 rings (SSSR count). The zero-order chi connectivity index (χ0) is 17.8. The lowest BCUT2D eigenvalue weighted by molar-refractivity contribution is 0.249. The van der Waals surface area contributed by atoms with E-state index in [2.05, 4.69) is 25.8 Å². The Morgan fingerprint density at radius 3 is 2.92 bits per heavy atom. The van der Waals surface area contributed by atoms with Crippen molar-refractivity contribution >= 4 is 17.4 Å². The highest BCUT2D eigenvalue weighted by molar-refractivity contribution is 5.89. The predicted octanol–water partition coefficient (Wildman–Crippen LogP) is 2.07. The van der Waals surface area contributed by atoms with Gasteiger partial charge in [-0.25, -0.2) is 4.79 Å². The lowest BCUT2D eigenvalue weighted by Gasteiger charge is -2.14. The van der Waals surface area contributed by atoms with Crippen molar-refractivity contribution in [3.63, 3.8) is 0 Å². The maximum absolute atomic E-state index is 12.3. The zero-order valence-corrected chi connectivity index (χ0v) is 14.5. The molecule has 2 amide bonds. The summed E-state index contributed by atoms with van der Waals surface area (Å²) in [4.78, 5) is 18.6. The van der Waals surface area contributed by atoms with Gasteiger partial charge in [-0.2, -0.15) is 0 Å². The number of nitrogens with one attached hydrogen (secondary N) is 2. The Morgan fingerprint density at radius 1 is 1.28 bits per heavy atom. The molecule has 0 aliphatic rings. The molecular formula is C17H21N7O. The van der Waals surface area contributed by atoms with Crippen LogP contribution in [0, 0.1) is 0 Å². The number of hydrogen-bond acceptors (Lipinski definition) is 5. The number of aromatic nitrogens is 4. The summed E-state index contributed by atoms with van der Waals surface area (Å²) in [5.41, 5.74) is 2.33. The summed E-state index contributed by atoms with van der Waals surface area (Å²) in [6, 6.07) is 8.69. The normalized spacial score (nSPS) is 12.3. The van der Waals surface area contributed by atoms with E-state index < -0.39 is 0 Å². The summed E-state index contributed by atoms with van der Waals surface area (Å²) in [5, 5.41) is 14.0. The average Bonchev–Trinajstić information content (AvgIpc) is 2.98. The number of pyridine rings is 2. The van der Waals surface area contributed by atoms with E-state index >= 15 is 0 Å². The van der Waals surface area contributed by atoms with Gasteiger partial charge in [-0.1, -0.05) is 6.07 Å². The lowest BCUT2D eigenvalue weighted by Crippen LogP contribution is -2.32. The van der Waals surface area contributed by atoms with Crippen molar-refractivity contribution in [2.24, 2.45) is 0 Å². The van der Waals surface area contributed by atoms with Crippen molar-refractivity contribution in [1.82, 2.24) is 29.8 Å². The summed E-state index contributed by atoms with van der Waals surface area (Å²) in [5.74, 6) is 0.675. The molecule has 0 bridgehead atoms. The molecule has 0 saturated carbocycles. The second-order valence-electron chi connectivity index (χ2n) is 6.08. The third kappa shape index (κ3) is 4.10. The Kier molecular flexibility index (Phi) is 4.90. The Morgan fingerprint density at radius 2 is 2.12 bits per heavy atom. The smallest absolute Gasteiger partial charge is 0.319 e. The van der Waals surface area contributed by atoms with E-state index in [1.807, 2.05) is 60.8 Å². The van der Waals surface area contributed by atoms with Crippen molar-refractivity contribution in [3.8, 4) is 0 Å². The maximum Gasteiger partial charge on any atom is 0.319 e. The molecule has 0 radical (unpaired) electrons. The van der Waals surface area contributed by atoms with Crippen LogP contribution in [0.4, 0.5) is 10.5 Å². The van der Waals surface area contributed by atoms with Crippen molar-refractivity contribution in [1.29, 1.82) is 0 Å². The van der Waals surface area contributed by atoms with Crippen molar-refractivity contribution in [2.45, 2.75) is 19.5 Å². The second kappa shape index (κ2) is 7.27. The third-order valence-electron chi connectivity index (χ3n) is 3.63. The van der Waals surface area contributed by atoms with E-state index in [1.165, 1.54) is 0 Å². The fourth-order valence-electron chi connectivity index (χ4n) is 2.55. The van der Waals surface area contributed by atoms with Gasteiger partial charge in [0.05, 0.1) is 11.7 Å². The van der Waals surface area contributed by atoms with Gasteiger partial charge in [0, 0.05) is 24.6 Å². The molecule has 3 aromatic rings. The van der Waals surface area contributed by atoms with Crippen molar-refractivity contribution in [2.75, 3.05) is 19.4 Å². The van der Waals surface area contributed by atoms with E-state index in [4.69, 9.17) is 0 Å². The molecular weight excluding hydrogens is 318 g/mol. The third-order valence-corrected chi connectivity index (χ3v) is 3.63. The molecule has 0 saturated heterocycles. The lowest BCUT2D eigenvalue weighted by atomic mass is 10.3. The Balaban J connectivity index is 1.66. The average molecular weight is 339 g/mol. The molecule has 3 aromatic heterocycles. The fraction of sp³-hybridized carbons (Fsp3) is 0.294. The summed E-state index contributed by atoms with van der Waals surface area (Å²) < 4.78 is 1.85. The van der Waals surface area contributed by atoms with Gasteiger partial charge >= 0.3 is 6.03 Å². The van der Waals surface area contributed by atoms with Gasteiger partial charge in [-0.15, -0.1) is 10.2 Å². The molecule has 0 aliphatic carbocycles. The summed E-state index contributed by atoms with van der Waals surface area (Å²) in [6.45, 7) is 2.58. The molecule has 0 fully saturated rings. The summed E-state index contributed by atoms with van der Waals surface area (Å²) in [6.07, 6.45) is 3.56. The minimum Gasteiger partial charge on any atom is -0.328 e. The van der Waals surface area contributed by atoms with Crippen LogP contribution < -0.4 is 10.6 Å². The predicted molar refractivity (Wildman–Crippen MR) is 95.2 cm³/mol. The van der Waals surface area contributed by atoms with Crippen LogP contribution in [0.2, 0.25) is 0 Å². The molecule has 0 spiro atoms. The van der Waals surface area contributed by atoms with E-state index in [0.29, 0.717) is 18.1 Å². The SMILES string of the molecule is CC(NC(=O)Nc1ccnc(CN(C)C)c1)c1nnc2ccccn12. The number of carbonyl (C=O) groups is 1. The van der Waals surface area contributed by atoms with Gasteiger partial charge < -0.3 is 15.5 Å². The van der Waals surface area contributed by atoms with Gasteiger partial charge in [0.1, 0.15) is 0 Å². The van der Waals surface area contributed by atoms with Gasteiger partial charge in [0.25, 0.3) is 0 Å². The van der Waals surface area contributed by atoms with E-state index in [9.17, 15) is 4.79 Å². The topological polar surface area (TPSA) is 87.5 Å². The largest absolute Gasteiger partial charge is 0.328 e. The monoisotopic (exact) mass is 339 g/mol. The molecule has 8 heteroatoms. The number of hydrogen-bond donors (Lipinski definition) is 2. The molecule has 1 atom stereocenters. The van der Waals surface area contributed by atoms with Gasteiger partial charge in [0.15, 0.2) is 11.5 Å². The van der Waals surface area contributed by atoms with E-state index in [0.717, 1.165) is 11.3 Å². The van der Waals surface area contributed by atoms with Gasteiger partial charge in [-0.05, 0) is 45.3 Å². The first kappa shape index (κ1) is 16.8. The molecule has 130 valence electrons. The first-order valence-electron chi connectivity index (χ1n) is 8.00. The number of amides is 2. The first-order valence-corrected chi connectivity index (χ1v) is 8.00. The molecule has 25 heavy (non-hydrogen) atoms. The Bertz CT molecular complexity index is 874. The minimum atomic E-state index is -0.304. The van der Waals surface area contributed by atoms with Crippen LogP contribution >= 0.6 is 0 Å². The van der Waals surface area contributed by atoms with Crippen LogP contribution in [0.3, 0.4) is 0 Å². The summed E-state index contributed by atoms with van der Waals surface area (Å²) in [7, 11) is 3.94. The van der Waals surface area contributed by atoms with Crippen LogP contribution in [0.5, 0.6) is 0 Å².